The molecule has 164 valence electrons. The molecule has 0 radical (unpaired) electrons. The molecule has 6 rings (SSSR count). The molecular formula is C25H23F2N3O2. The van der Waals surface area contributed by atoms with Crippen LogP contribution in [-0.4, -0.2) is 38.8 Å². The third-order valence-corrected chi connectivity index (χ3v) is 7.17. The average molecular weight is 435 g/mol. The molecule has 0 unspecified atom stereocenters. The summed E-state index contributed by atoms with van der Waals surface area (Å²) in [6.45, 7) is 1.12. The molecule has 1 N–H and O–H groups in total. The highest BCUT2D eigenvalue weighted by molar-refractivity contribution is 5.95. The van der Waals surface area contributed by atoms with Gasteiger partial charge in [-0.05, 0) is 61.9 Å². The van der Waals surface area contributed by atoms with Crippen LogP contribution in [0.25, 0.3) is 11.3 Å². The van der Waals surface area contributed by atoms with Crippen LogP contribution in [0.2, 0.25) is 0 Å². The van der Waals surface area contributed by atoms with Gasteiger partial charge < -0.3 is 10.0 Å². The zero-order chi connectivity index (χ0) is 22.0. The fourth-order valence-corrected chi connectivity index (χ4v) is 5.40. The minimum atomic E-state index is -0.626. The van der Waals surface area contributed by atoms with Gasteiger partial charge in [-0.3, -0.25) is 9.48 Å². The highest BCUT2D eigenvalue weighted by Gasteiger charge is 2.55. The Morgan fingerprint density at radius 1 is 1.06 bits per heavy atom. The predicted molar refractivity (Wildman–Crippen MR) is 114 cm³/mol. The number of likely N-dealkylation sites (tertiary alicyclic amines) is 1. The molecule has 2 aliphatic carbocycles. The van der Waals surface area contributed by atoms with Crippen LogP contribution >= 0.6 is 0 Å². The second-order valence-corrected chi connectivity index (χ2v) is 9.53. The first kappa shape index (κ1) is 19.5. The number of hydrogen-bond donors (Lipinski definition) is 1. The van der Waals surface area contributed by atoms with E-state index in [0.717, 1.165) is 43.0 Å². The lowest BCUT2D eigenvalue weighted by atomic mass is 9.60. The molecule has 1 aliphatic heterocycles. The summed E-state index contributed by atoms with van der Waals surface area (Å²) in [5, 5.41) is 14.2. The van der Waals surface area contributed by atoms with Crippen molar-refractivity contribution in [1.29, 1.82) is 0 Å². The number of nitrogens with zero attached hydrogens (tertiary/aromatic N) is 3. The largest absolute Gasteiger partial charge is 0.508 e. The number of phenols is 1. The number of carbonyl (C=O) groups excluding carboxylic acids is 1. The van der Waals surface area contributed by atoms with Gasteiger partial charge in [0.25, 0.3) is 5.91 Å². The van der Waals surface area contributed by atoms with E-state index in [0.29, 0.717) is 24.6 Å². The van der Waals surface area contributed by atoms with Gasteiger partial charge in [0.2, 0.25) is 0 Å². The Morgan fingerprint density at radius 2 is 1.81 bits per heavy atom. The second-order valence-electron chi connectivity index (χ2n) is 9.53. The number of amides is 1. The van der Waals surface area contributed by atoms with Crippen molar-refractivity contribution >= 4 is 5.91 Å². The van der Waals surface area contributed by atoms with Gasteiger partial charge in [0.1, 0.15) is 17.4 Å². The van der Waals surface area contributed by atoms with E-state index in [2.05, 4.69) is 5.10 Å². The van der Waals surface area contributed by atoms with E-state index in [1.165, 1.54) is 18.2 Å². The van der Waals surface area contributed by atoms with Gasteiger partial charge in [0.05, 0.1) is 23.5 Å². The van der Waals surface area contributed by atoms with Crippen molar-refractivity contribution in [2.45, 2.75) is 37.6 Å². The topological polar surface area (TPSA) is 58.4 Å². The number of benzene rings is 2. The molecule has 3 aromatic rings. The van der Waals surface area contributed by atoms with Crippen molar-refractivity contribution in [3.05, 3.63) is 71.4 Å². The van der Waals surface area contributed by atoms with Gasteiger partial charge >= 0.3 is 0 Å². The minimum absolute atomic E-state index is 0.00578. The van der Waals surface area contributed by atoms with Gasteiger partial charge in [-0.15, -0.1) is 0 Å². The molecule has 0 atom stereocenters. The van der Waals surface area contributed by atoms with E-state index < -0.39 is 11.7 Å². The molecule has 0 bridgehead atoms. The number of hydrogen-bond acceptors (Lipinski definition) is 3. The van der Waals surface area contributed by atoms with Crippen LogP contribution in [-0.2, 0) is 0 Å². The van der Waals surface area contributed by atoms with E-state index in [1.807, 2.05) is 23.0 Å². The van der Waals surface area contributed by atoms with Crippen molar-refractivity contribution in [2.24, 2.45) is 5.41 Å². The van der Waals surface area contributed by atoms with E-state index in [1.54, 1.807) is 11.0 Å². The first-order valence-corrected chi connectivity index (χ1v) is 11.0. The smallest absolute Gasteiger partial charge is 0.257 e. The lowest BCUT2D eigenvalue weighted by molar-refractivity contribution is -0.0735. The van der Waals surface area contributed by atoms with Crippen molar-refractivity contribution in [3.63, 3.8) is 0 Å². The van der Waals surface area contributed by atoms with E-state index in [9.17, 15) is 18.7 Å². The van der Waals surface area contributed by atoms with Crippen molar-refractivity contribution < 1.29 is 18.7 Å². The third-order valence-electron chi connectivity index (χ3n) is 7.17. The zero-order valence-electron chi connectivity index (χ0n) is 17.5. The quantitative estimate of drug-likeness (QED) is 0.635. The Morgan fingerprint density at radius 3 is 2.53 bits per heavy atom. The summed E-state index contributed by atoms with van der Waals surface area (Å²) in [5.41, 5.74) is 2.52. The number of aromatic nitrogens is 2. The van der Waals surface area contributed by atoms with Gasteiger partial charge in [-0.25, -0.2) is 8.78 Å². The average Bonchev–Trinajstić information content (AvgIpc) is 3.48. The molecule has 1 saturated heterocycles. The van der Waals surface area contributed by atoms with Gasteiger partial charge in [-0.2, -0.15) is 5.10 Å². The summed E-state index contributed by atoms with van der Waals surface area (Å²) in [4.78, 5) is 14.3. The molecule has 1 spiro atoms. The van der Waals surface area contributed by atoms with Crippen LogP contribution in [0.1, 0.15) is 53.6 Å². The van der Waals surface area contributed by atoms with Gasteiger partial charge in [0.15, 0.2) is 0 Å². The Kier molecular flexibility index (Phi) is 4.19. The summed E-state index contributed by atoms with van der Waals surface area (Å²) in [7, 11) is 0. The molecule has 1 aromatic heterocycles. The summed E-state index contributed by atoms with van der Waals surface area (Å²) in [6, 6.07) is 10.5. The fourth-order valence-electron chi connectivity index (χ4n) is 5.40. The summed E-state index contributed by atoms with van der Waals surface area (Å²) < 4.78 is 30.6. The predicted octanol–water partition coefficient (Wildman–Crippen LogP) is 4.89. The van der Waals surface area contributed by atoms with Crippen LogP contribution in [0.15, 0.2) is 48.7 Å². The molecule has 3 aliphatic rings. The molecule has 2 heterocycles. The van der Waals surface area contributed by atoms with Crippen LogP contribution < -0.4 is 0 Å². The molecule has 3 fully saturated rings. The molecular weight excluding hydrogens is 412 g/mol. The number of aromatic hydroxyl groups is 1. The Hall–Kier alpha value is -3.22. The fraction of sp³-hybridized carbons (Fsp3) is 0.360. The normalized spacial score (nSPS) is 19.6. The number of phenolic OH excluding ortho intramolecular Hbond substituents is 1. The molecule has 5 nitrogen and oxygen atoms in total. The third kappa shape index (κ3) is 3.02. The van der Waals surface area contributed by atoms with Crippen LogP contribution in [0.4, 0.5) is 8.78 Å². The SMILES string of the molecule is O=C(c1cc(O)ccc1F)N1CC2(CC(n3ncc(C4CC4)c3-c3ccccc3F)C2)C1. The molecule has 2 saturated carbocycles. The Balaban J connectivity index is 1.19. The van der Waals surface area contributed by atoms with Gasteiger partial charge in [-0.1, -0.05) is 12.1 Å². The monoisotopic (exact) mass is 435 g/mol. The first-order valence-electron chi connectivity index (χ1n) is 11.0. The Bertz CT molecular complexity index is 1220. The van der Waals surface area contributed by atoms with Crippen molar-refractivity contribution in [3.8, 4) is 17.0 Å². The summed E-state index contributed by atoms with van der Waals surface area (Å²) in [6.07, 6.45) is 5.83. The molecule has 7 heteroatoms. The van der Waals surface area contributed by atoms with Crippen LogP contribution in [0, 0.1) is 17.0 Å². The minimum Gasteiger partial charge on any atom is -0.508 e. The standard InChI is InChI=1S/C25H23F2N3O2/c26-21-4-2-1-3-18(21)23-20(15-5-6-15)12-28-30(23)16-10-25(11-16)13-29(14-25)24(32)19-9-17(31)7-8-22(19)27/h1-4,7-9,12,15-16,31H,5-6,10-11,13-14H2. The molecule has 2 aromatic carbocycles. The zero-order valence-corrected chi connectivity index (χ0v) is 17.5. The maximum atomic E-state index is 14.6. The van der Waals surface area contributed by atoms with E-state index in [4.69, 9.17) is 0 Å². The highest BCUT2D eigenvalue weighted by atomic mass is 19.1. The van der Waals surface area contributed by atoms with E-state index in [-0.39, 0.29) is 28.6 Å². The maximum Gasteiger partial charge on any atom is 0.257 e. The second kappa shape index (κ2) is 6.89. The lowest BCUT2D eigenvalue weighted by Gasteiger charge is -2.59. The molecule has 32 heavy (non-hydrogen) atoms. The van der Waals surface area contributed by atoms with E-state index >= 15 is 0 Å². The van der Waals surface area contributed by atoms with Crippen LogP contribution in [0.5, 0.6) is 5.75 Å². The first-order chi connectivity index (χ1) is 15.4. The highest BCUT2D eigenvalue weighted by Crippen LogP contribution is 2.56. The Labute approximate surface area is 184 Å². The number of rotatable bonds is 4. The summed E-state index contributed by atoms with van der Waals surface area (Å²) >= 11 is 0. The van der Waals surface area contributed by atoms with Crippen molar-refractivity contribution in [2.75, 3.05) is 13.1 Å². The van der Waals surface area contributed by atoms with Crippen molar-refractivity contribution in [1.82, 2.24) is 14.7 Å². The number of halogens is 2. The summed E-state index contributed by atoms with van der Waals surface area (Å²) in [5.74, 6) is -0.923. The number of carbonyl (C=O) groups is 1. The molecule has 1 amide bonds. The van der Waals surface area contributed by atoms with Crippen LogP contribution in [0.3, 0.4) is 0 Å². The maximum absolute atomic E-state index is 14.6. The lowest BCUT2D eigenvalue weighted by Crippen LogP contribution is -2.64. The van der Waals surface area contributed by atoms with Gasteiger partial charge in [0, 0.05) is 29.6 Å².